The Balaban J connectivity index is 1.52. The van der Waals surface area contributed by atoms with Crippen molar-refractivity contribution in [2.24, 2.45) is 5.92 Å². The van der Waals surface area contributed by atoms with Crippen molar-refractivity contribution in [2.45, 2.75) is 26.2 Å². The number of rotatable bonds is 10. The predicted octanol–water partition coefficient (Wildman–Crippen LogP) is 4.92. The van der Waals surface area contributed by atoms with Crippen LogP contribution in [0.2, 0.25) is 0 Å². The molecule has 192 valence electrons. The van der Waals surface area contributed by atoms with Crippen LogP contribution in [0.4, 0.5) is 10.1 Å². The van der Waals surface area contributed by atoms with Crippen LogP contribution in [-0.2, 0) is 10.1 Å². The first-order valence-electron chi connectivity index (χ1n) is 11.8. The number of Topliss-reactive ketones (excluding diaryl/α,β-unsaturated/α-hetero) is 1. The van der Waals surface area contributed by atoms with Gasteiger partial charge in [0.15, 0.2) is 11.4 Å². The topological polar surface area (TPSA) is 123 Å². The highest BCUT2D eigenvalue weighted by molar-refractivity contribution is 7.85. The van der Waals surface area contributed by atoms with Crippen LogP contribution >= 0.6 is 0 Å². The van der Waals surface area contributed by atoms with Crippen molar-refractivity contribution in [3.8, 4) is 22.9 Å². The molecular formula is C26H25FN4O5S. The zero-order valence-corrected chi connectivity index (χ0v) is 20.8. The molecule has 4 aromatic rings. The van der Waals surface area contributed by atoms with Gasteiger partial charge in [-0.3, -0.25) is 9.35 Å². The summed E-state index contributed by atoms with van der Waals surface area (Å²) >= 11 is 0. The normalized spacial score (nSPS) is 13.6. The van der Waals surface area contributed by atoms with Gasteiger partial charge in [0.25, 0.3) is 10.1 Å². The van der Waals surface area contributed by atoms with Crippen LogP contribution in [0.5, 0.6) is 11.6 Å². The fourth-order valence-electron chi connectivity index (χ4n) is 4.12. The van der Waals surface area contributed by atoms with Gasteiger partial charge in [0.1, 0.15) is 11.6 Å². The quantitative estimate of drug-likeness (QED) is 0.221. The highest BCUT2D eigenvalue weighted by Crippen LogP contribution is 2.35. The van der Waals surface area contributed by atoms with Gasteiger partial charge in [-0.25, -0.2) is 13.9 Å². The molecule has 2 heterocycles. The summed E-state index contributed by atoms with van der Waals surface area (Å²) < 4.78 is 52.5. The number of ketones is 1. The van der Waals surface area contributed by atoms with E-state index in [-0.39, 0.29) is 24.0 Å². The van der Waals surface area contributed by atoms with Crippen LogP contribution < -0.4 is 10.1 Å². The van der Waals surface area contributed by atoms with E-state index in [0.29, 0.717) is 34.9 Å². The number of imidazole rings is 1. The molecule has 2 aromatic heterocycles. The van der Waals surface area contributed by atoms with Crippen molar-refractivity contribution >= 4 is 27.2 Å². The van der Waals surface area contributed by atoms with E-state index in [4.69, 9.17) is 9.29 Å². The van der Waals surface area contributed by atoms with E-state index in [1.807, 2.05) is 25.1 Å². The second-order valence-electron chi connectivity index (χ2n) is 9.15. The minimum Gasteiger partial charge on any atom is -0.437 e. The molecule has 0 saturated heterocycles. The van der Waals surface area contributed by atoms with Gasteiger partial charge in [-0.15, -0.1) is 5.10 Å². The Morgan fingerprint density at radius 2 is 2.03 bits per heavy atom. The average Bonchev–Trinajstić information content (AvgIpc) is 3.53. The molecule has 2 aromatic carbocycles. The Hall–Kier alpha value is -3.83. The number of anilines is 1. The van der Waals surface area contributed by atoms with Gasteiger partial charge in [-0.05, 0) is 49.4 Å². The van der Waals surface area contributed by atoms with E-state index in [1.165, 1.54) is 28.8 Å². The molecule has 37 heavy (non-hydrogen) atoms. The lowest BCUT2D eigenvalue weighted by atomic mass is 9.98. The monoisotopic (exact) mass is 524 g/mol. The first kappa shape index (κ1) is 24.8. The minimum atomic E-state index is -4.17. The lowest BCUT2D eigenvalue weighted by molar-refractivity contribution is 0.0975. The van der Waals surface area contributed by atoms with Crippen molar-refractivity contribution in [1.29, 1.82) is 0 Å². The summed E-state index contributed by atoms with van der Waals surface area (Å²) in [5.74, 6) is -0.00615. The molecule has 0 radical (unpaired) electrons. The maximum Gasteiger partial charge on any atom is 0.266 e. The van der Waals surface area contributed by atoms with Crippen molar-refractivity contribution in [3.63, 3.8) is 0 Å². The van der Waals surface area contributed by atoms with Gasteiger partial charge in [0.05, 0.1) is 23.3 Å². The number of benzene rings is 2. The Morgan fingerprint density at radius 3 is 2.73 bits per heavy atom. The lowest BCUT2D eigenvalue weighted by Gasteiger charge is -2.12. The number of nitrogens with one attached hydrogen (secondary N) is 1. The summed E-state index contributed by atoms with van der Waals surface area (Å²) in [6.07, 6.45) is 4.40. The van der Waals surface area contributed by atoms with Gasteiger partial charge < -0.3 is 10.1 Å². The summed E-state index contributed by atoms with van der Waals surface area (Å²) in [7, 11) is -4.17. The number of carbonyl (C=O) groups excluding carboxylic acids is 1. The van der Waals surface area contributed by atoms with Crippen LogP contribution in [0.3, 0.4) is 0 Å². The van der Waals surface area contributed by atoms with E-state index in [1.54, 1.807) is 12.3 Å². The predicted molar refractivity (Wildman–Crippen MR) is 136 cm³/mol. The van der Waals surface area contributed by atoms with E-state index in [9.17, 15) is 17.6 Å². The van der Waals surface area contributed by atoms with Gasteiger partial charge in [-0.2, -0.15) is 8.42 Å². The van der Waals surface area contributed by atoms with Gasteiger partial charge >= 0.3 is 0 Å². The molecule has 0 unspecified atom stereocenters. The maximum absolute atomic E-state index is 13.7. The molecule has 11 heteroatoms. The fourth-order valence-corrected chi connectivity index (χ4v) is 4.48. The number of carbonyl (C=O) groups is 1. The Kier molecular flexibility index (Phi) is 6.65. The molecule has 1 aliphatic carbocycles. The number of ether oxygens (including phenoxy) is 1. The zero-order valence-electron chi connectivity index (χ0n) is 20.0. The van der Waals surface area contributed by atoms with Crippen LogP contribution in [0, 0.1) is 18.7 Å². The molecular weight excluding hydrogens is 499 g/mol. The van der Waals surface area contributed by atoms with Gasteiger partial charge in [-0.1, -0.05) is 18.2 Å². The number of nitrogens with zero attached hydrogens (tertiary/aromatic N) is 3. The summed E-state index contributed by atoms with van der Waals surface area (Å²) in [4.78, 5) is 17.1. The zero-order chi connectivity index (χ0) is 26.2. The number of hydrogen-bond donors (Lipinski definition) is 2. The van der Waals surface area contributed by atoms with Crippen molar-refractivity contribution in [1.82, 2.24) is 14.6 Å². The van der Waals surface area contributed by atoms with Gasteiger partial charge in [0, 0.05) is 36.2 Å². The smallest absolute Gasteiger partial charge is 0.266 e. The Morgan fingerprint density at radius 1 is 1.22 bits per heavy atom. The second kappa shape index (κ2) is 9.91. The third-order valence-electron chi connectivity index (χ3n) is 6.13. The summed E-state index contributed by atoms with van der Waals surface area (Å²) in [6, 6.07) is 12.7. The fraction of sp³-hybridized carbons (Fsp3) is 0.269. The number of aromatic nitrogens is 3. The first-order valence-corrected chi connectivity index (χ1v) is 13.4. The molecule has 1 saturated carbocycles. The standard InChI is InChI=1S/C26H25FN4O5S/c1-16-11-18(7-8-21(16)24(32)12-17-5-6-17)23-15-29-26-22(28-9-10-37(33,34)35)14-25(30-31(23)26)36-20-4-2-3-19(27)13-20/h2-4,7-8,11,13-15,17,28H,5-6,9-10,12H2,1H3,(H,33,34,35). The van der Waals surface area contributed by atoms with E-state index in [2.05, 4.69) is 15.4 Å². The average molecular weight is 525 g/mol. The summed E-state index contributed by atoms with van der Waals surface area (Å²) in [6.45, 7) is 1.80. The Labute approximate surface area is 213 Å². The summed E-state index contributed by atoms with van der Waals surface area (Å²) in [5, 5.41) is 7.47. The van der Waals surface area contributed by atoms with Crippen molar-refractivity contribution in [3.05, 3.63) is 71.7 Å². The SMILES string of the molecule is Cc1cc(-c2cnc3c(NCCS(=O)(=O)O)cc(Oc4cccc(F)c4)nn23)ccc1C(=O)CC1CC1. The number of fused-ring (bicyclic) bond motifs is 1. The Bertz CT molecular complexity index is 1600. The molecule has 1 fully saturated rings. The van der Waals surface area contributed by atoms with Crippen LogP contribution in [0.15, 0.2) is 54.7 Å². The van der Waals surface area contributed by atoms with Crippen molar-refractivity contribution < 1.29 is 26.9 Å². The molecule has 0 bridgehead atoms. The van der Waals surface area contributed by atoms with Gasteiger partial charge in [0.2, 0.25) is 5.88 Å². The number of aryl methyl sites for hydroxylation is 1. The third kappa shape index (κ3) is 5.95. The molecule has 0 atom stereocenters. The first-order chi connectivity index (χ1) is 17.7. The van der Waals surface area contributed by atoms with E-state index >= 15 is 0 Å². The highest BCUT2D eigenvalue weighted by Gasteiger charge is 2.25. The molecule has 0 aliphatic heterocycles. The summed E-state index contributed by atoms with van der Waals surface area (Å²) in [5.41, 5.74) is 3.72. The van der Waals surface area contributed by atoms with Crippen LogP contribution in [0.1, 0.15) is 35.2 Å². The molecule has 9 nitrogen and oxygen atoms in total. The van der Waals surface area contributed by atoms with Crippen LogP contribution in [-0.4, -0.2) is 45.6 Å². The van der Waals surface area contributed by atoms with Crippen molar-refractivity contribution in [2.75, 3.05) is 17.6 Å². The number of halogens is 1. The molecule has 2 N–H and O–H groups in total. The van der Waals surface area contributed by atoms with Crippen LogP contribution in [0.25, 0.3) is 16.9 Å². The molecule has 0 spiro atoms. The highest BCUT2D eigenvalue weighted by atomic mass is 32.2. The molecule has 5 rings (SSSR count). The van der Waals surface area contributed by atoms with E-state index in [0.717, 1.165) is 24.0 Å². The maximum atomic E-state index is 13.7. The van der Waals surface area contributed by atoms with E-state index < -0.39 is 21.7 Å². The second-order valence-corrected chi connectivity index (χ2v) is 10.7. The minimum absolute atomic E-state index is 0.0863. The molecule has 1 aliphatic rings. The lowest BCUT2D eigenvalue weighted by Crippen LogP contribution is -2.15. The number of hydrogen-bond acceptors (Lipinski definition) is 7. The largest absolute Gasteiger partial charge is 0.437 e. The molecule has 0 amide bonds. The third-order valence-corrected chi connectivity index (χ3v) is 6.85.